The Labute approximate surface area is 206 Å². The van der Waals surface area contributed by atoms with E-state index in [1.807, 2.05) is 0 Å². The summed E-state index contributed by atoms with van der Waals surface area (Å²) in [6.45, 7) is 11.5. The molecule has 0 bridgehead atoms. The number of benzene rings is 1. The molecular weight excluding hydrogens is 501 g/mol. The lowest BCUT2D eigenvalue weighted by Crippen LogP contribution is -2.47. The first kappa shape index (κ1) is 28.1. The van der Waals surface area contributed by atoms with Crippen LogP contribution in [0.1, 0.15) is 51.1 Å². The lowest BCUT2D eigenvalue weighted by atomic mass is 10.0. The molecule has 2 atom stereocenters. The Bertz CT molecular complexity index is 595. The number of rotatable bonds is 12. The smallest absolute Gasteiger partial charge is 0.191 e. The van der Waals surface area contributed by atoms with Gasteiger partial charge in [0.25, 0.3) is 0 Å². The average molecular weight is 546 g/mol. The van der Waals surface area contributed by atoms with Crippen LogP contribution in [0.3, 0.4) is 0 Å². The van der Waals surface area contributed by atoms with Crippen molar-refractivity contribution in [3.8, 4) is 0 Å². The van der Waals surface area contributed by atoms with Crippen LogP contribution in [0.5, 0.6) is 0 Å². The van der Waals surface area contributed by atoms with Gasteiger partial charge in [-0.2, -0.15) is 0 Å². The molecule has 2 unspecified atom stereocenters. The number of aliphatic imine (C=N–C) groups is 1. The molecule has 0 spiro atoms. The molecule has 1 heterocycles. The second kappa shape index (κ2) is 16.7. The number of aliphatic hydroxyl groups excluding tert-OH is 1. The molecule has 1 aliphatic heterocycles. The van der Waals surface area contributed by atoms with Gasteiger partial charge in [0.2, 0.25) is 0 Å². The fourth-order valence-corrected chi connectivity index (χ4v) is 4.18. The van der Waals surface area contributed by atoms with E-state index in [2.05, 4.69) is 71.7 Å². The Hall–Kier alpha value is -0.900. The standard InChI is InChI=1S/C24H43N5O.HI/c1-4-10-21(13-18-30)19-27-24(25-5-2)26-14-9-15-29-17-16-28(3)20-23(29)22-11-7-6-8-12-22;/h6-8,11-12,21,23,30H,4-5,9-10,13-20H2,1-3H3,(H2,25,26,27);1H. The fourth-order valence-electron chi connectivity index (χ4n) is 4.18. The SMILES string of the molecule is CCCC(CCO)CN=C(NCC)NCCCN1CCN(C)CC1c1ccccc1.I. The molecule has 6 nitrogen and oxygen atoms in total. The minimum Gasteiger partial charge on any atom is -0.396 e. The maximum atomic E-state index is 9.26. The summed E-state index contributed by atoms with van der Waals surface area (Å²) < 4.78 is 0. The topological polar surface area (TPSA) is 63.1 Å². The zero-order valence-corrected chi connectivity index (χ0v) is 22.1. The van der Waals surface area contributed by atoms with Gasteiger partial charge in [0, 0.05) is 58.5 Å². The predicted molar refractivity (Wildman–Crippen MR) is 142 cm³/mol. The molecule has 1 aromatic rings. The number of likely N-dealkylation sites (N-methyl/N-ethyl adjacent to an activating group) is 1. The Balaban J connectivity index is 0.00000480. The number of piperazine rings is 1. The summed E-state index contributed by atoms with van der Waals surface area (Å²) in [5.74, 6) is 1.36. The van der Waals surface area contributed by atoms with Gasteiger partial charge in [-0.25, -0.2) is 0 Å². The van der Waals surface area contributed by atoms with Gasteiger partial charge in [0.15, 0.2) is 5.96 Å². The zero-order chi connectivity index (χ0) is 21.6. The first-order valence-electron chi connectivity index (χ1n) is 11.8. The summed E-state index contributed by atoms with van der Waals surface area (Å²) in [4.78, 5) is 9.83. The number of hydrogen-bond acceptors (Lipinski definition) is 4. The third-order valence-electron chi connectivity index (χ3n) is 5.88. The van der Waals surface area contributed by atoms with Crippen molar-refractivity contribution in [2.24, 2.45) is 10.9 Å². The molecule has 3 N–H and O–H groups in total. The number of guanidine groups is 1. The Kier molecular flexibility index (Phi) is 15.2. The molecule has 1 aromatic carbocycles. The minimum absolute atomic E-state index is 0. The number of halogens is 1. The number of nitrogens with zero attached hydrogens (tertiary/aromatic N) is 3. The van der Waals surface area contributed by atoms with Crippen LogP contribution < -0.4 is 10.6 Å². The van der Waals surface area contributed by atoms with Gasteiger partial charge in [-0.1, -0.05) is 43.7 Å². The third-order valence-corrected chi connectivity index (χ3v) is 5.88. The van der Waals surface area contributed by atoms with Crippen LogP contribution in [0.2, 0.25) is 0 Å². The maximum Gasteiger partial charge on any atom is 0.191 e. The molecule has 0 aliphatic carbocycles. The molecule has 178 valence electrons. The van der Waals surface area contributed by atoms with Crippen molar-refractivity contribution in [2.75, 3.05) is 59.5 Å². The highest BCUT2D eigenvalue weighted by Gasteiger charge is 2.25. The van der Waals surface area contributed by atoms with Crippen molar-refractivity contribution in [3.05, 3.63) is 35.9 Å². The van der Waals surface area contributed by atoms with Crippen LogP contribution in [-0.4, -0.2) is 80.3 Å². The van der Waals surface area contributed by atoms with Crippen molar-refractivity contribution in [1.82, 2.24) is 20.4 Å². The Morgan fingerprint density at radius 3 is 2.61 bits per heavy atom. The monoisotopic (exact) mass is 545 g/mol. The molecule has 0 saturated carbocycles. The van der Waals surface area contributed by atoms with Crippen molar-refractivity contribution < 1.29 is 5.11 Å². The lowest BCUT2D eigenvalue weighted by molar-refractivity contribution is 0.0891. The van der Waals surface area contributed by atoms with Crippen LogP contribution >= 0.6 is 24.0 Å². The molecule has 1 aliphatic rings. The molecule has 2 rings (SSSR count). The van der Waals surface area contributed by atoms with E-state index in [0.717, 1.165) is 77.5 Å². The number of hydrogen-bond donors (Lipinski definition) is 3. The fraction of sp³-hybridized carbons (Fsp3) is 0.708. The second-order valence-electron chi connectivity index (χ2n) is 8.39. The first-order chi connectivity index (χ1) is 14.7. The quantitative estimate of drug-likeness (QED) is 0.163. The van der Waals surface area contributed by atoms with Gasteiger partial charge in [-0.3, -0.25) is 9.89 Å². The number of nitrogens with one attached hydrogen (secondary N) is 2. The highest BCUT2D eigenvalue weighted by atomic mass is 127. The number of aliphatic hydroxyl groups is 1. The average Bonchev–Trinajstić information content (AvgIpc) is 2.76. The third kappa shape index (κ3) is 10.5. The van der Waals surface area contributed by atoms with E-state index in [9.17, 15) is 5.11 Å². The van der Waals surface area contributed by atoms with E-state index in [4.69, 9.17) is 4.99 Å². The van der Waals surface area contributed by atoms with Gasteiger partial charge in [-0.15, -0.1) is 24.0 Å². The maximum absolute atomic E-state index is 9.26. The van der Waals surface area contributed by atoms with E-state index < -0.39 is 0 Å². The normalized spacial score (nSPS) is 19.0. The zero-order valence-electron chi connectivity index (χ0n) is 19.7. The highest BCUT2D eigenvalue weighted by Crippen LogP contribution is 2.24. The largest absolute Gasteiger partial charge is 0.396 e. The van der Waals surface area contributed by atoms with Crippen molar-refractivity contribution in [2.45, 2.75) is 45.6 Å². The Morgan fingerprint density at radius 2 is 1.94 bits per heavy atom. The molecule has 0 aromatic heterocycles. The van der Waals surface area contributed by atoms with Gasteiger partial charge in [0.05, 0.1) is 0 Å². The van der Waals surface area contributed by atoms with Crippen LogP contribution in [0.4, 0.5) is 0 Å². The van der Waals surface area contributed by atoms with E-state index in [0.29, 0.717) is 12.0 Å². The first-order valence-corrected chi connectivity index (χ1v) is 11.8. The van der Waals surface area contributed by atoms with Crippen molar-refractivity contribution in [1.29, 1.82) is 0 Å². The second-order valence-corrected chi connectivity index (χ2v) is 8.39. The van der Waals surface area contributed by atoms with E-state index in [-0.39, 0.29) is 30.6 Å². The van der Waals surface area contributed by atoms with Gasteiger partial charge in [0.1, 0.15) is 0 Å². The van der Waals surface area contributed by atoms with Gasteiger partial charge in [-0.05, 0) is 44.7 Å². The van der Waals surface area contributed by atoms with E-state index >= 15 is 0 Å². The Morgan fingerprint density at radius 1 is 1.16 bits per heavy atom. The van der Waals surface area contributed by atoms with Crippen LogP contribution in [-0.2, 0) is 0 Å². The van der Waals surface area contributed by atoms with Crippen molar-refractivity contribution >= 4 is 29.9 Å². The summed E-state index contributed by atoms with van der Waals surface area (Å²) >= 11 is 0. The molecule has 31 heavy (non-hydrogen) atoms. The molecular formula is C24H44IN5O. The van der Waals surface area contributed by atoms with Crippen LogP contribution in [0.25, 0.3) is 0 Å². The molecule has 1 saturated heterocycles. The molecule has 0 amide bonds. The minimum atomic E-state index is 0. The predicted octanol–water partition coefficient (Wildman–Crippen LogP) is 3.34. The summed E-state index contributed by atoms with van der Waals surface area (Å²) in [5.41, 5.74) is 1.41. The molecule has 1 fully saturated rings. The van der Waals surface area contributed by atoms with Gasteiger partial charge < -0.3 is 20.6 Å². The lowest BCUT2D eigenvalue weighted by Gasteiger charge is -2.40. The van der Waals surface area contributed by atoms with Crippen LogP contribution in [0, 0.1) is 5.92 Å². The van der Waals surface area contributed by atoms with Crippen LogP contribution in [0.15, 0.2) is 35.3 Å². The van der Waals surface area contributed by atoms with E-state index in [1.54, 1.807) is 0 Å². The summed E-state index contributed by atoms with van der Waals surface area (Å²) in [5, 5.41) is 16.1. The van der Waals surface area contributed by atoms with Crippen molar-refractivity contribution in [3.63, 3.8) is 0 Å². The summed E-state index contributed by atoms with van der Waals surface area (Å²) in [7, 11) is 2.22. The molecule has 7 heteroatoms. The summed E-state index contributed by atoms with van der Waals surface area (Å²) in [6, 6.07) is 11.4. The highest BCUT2D eigenvalue weighted by molar-refractivity contribution is 14.0. The summed E-state index contributed by atoms with van der Waals surface area (Å²) in [6.07, 6.45) is 4.18. The van der Waals surface area contributed by atoms with Gasteiger partial charge >= 0.3 is 0 Å². The molecule has 0 radical (unpaired) electrons. The van der Waals surface area contributed by atoms with E-state index in [1.165, 1.54) is 5.56 Å².